The summed E-state index contributed by atoms with van der Waals surface area (Å²) in [5, 5.41) is 0. The van der Waals surface area contributed by atoms with Crippen molar-refractivity contribution in [3.05, 3.63) is 34.6 Å². The summed E-state index contributed by atoms with van der Waals surface area (Å²) in [6.07, 6.45) is 0. The van der Waals surface area contributed by atoms with Gasteiger partial charge in [0.25, 0.3) is 0 Å². The standard InChI is InChI=1S/C8H11.C4H10N.2ClH.Ti/c1-6-4-7(2)8(3)5-6;1-4(2,3)5;;;/h4-5H,1-3H3;5H,1-3H3;2*1H;/q2*-1;;;+4/p-2. The Morgan fingerprint density at radius 1 is 1.06 bits per heavy atom. The van der Waals surface area contributed by atoms with E-state index in [2.05, 4.69) is 32.9 Å². The molecule has 1 nitrogen and oxygen atoms in total. The van der Waals surface area contributed by atoms with Gasteiger partial charge >= 0.3 is 21.7 Å². The molecule has 0 fully saturated rings. The summed E-state index contributed by atoms with van der Waals surface area (Å²) in [5.74, 6) is 0. The van der Waals surface area contributed by atoms with Crippen molar-refractivity contribution in [1.82, 2.24) is 0 Å². The fourth-order valence-electron chi connectivity index (χ4n) is 0.952. The van der Waals surface area contributed by atoms with Gasteiger partial charge in [0, 0.05) is 0 Å². The molecule has 0 saturated heterocycles. The van der Waals surface area contributed by atoms with Crippen LogP contribution in [0.15, 0.2) is 12.1 Å². The van der Waals surface area contributed by atoms with Crippen molar-refractivity contribution in [1.29, 1.82) is 0 Å². The predicted octanol–water partition coefficient (Wildman–Crippen LogP) is -1.83. The fraction of sp³-hybridized carbons (Fsp3) is 0.583. The minimum atomic E-state index is -0.250. The Labute approximate surface area is 128 Å². The van der Waals surface area contributed by atoms with Crippen molar-refractivity contribution in [2.24, 2.45) is 0 Å². The molecule has 0 aliphatic heterocycles. The quantitative estimate of drug-likeness (QED) is 0.398. The molecular formula is C12H21Cl2NTi. The van der Waals surface area contributed by atoms with E-state index in [0.717, 1.165) is 0 Å². The smallest absolute Gasteiger partial charge is 1.00 e. The number of rotatable bonds is 0. The molecule has 4 heteroatoms. The second kappa shape index (κ2) is 10.7. The van der Waals surface area contributed by atoms with Gasteiger partial charge in [-0.05, 0) is 0 Å². The van der Waals surface area contributed by atoms with Crippen LogP contribution in [0.3, 0.4) is 0 Å². The van der Waals surface area contributed by atoms with Crippen molar-refractivity contribution in [3.8, 4) is 0 Å². The number of hydrogen-bond acceptors (Lipinski definition) is 0. The summed E-state index contributed by atoms with van der Waals surface area (Å²) >= 11 is 0. The first-order chi connectivity index (χ1) is 5.70. The molecule has 0 spiro atoms. The van der Waals surface area contributed by atoms with Gasteiger partial charge < -0.3 is 30.5 Å². The summed E-state index contributed by atoms with van der Waals surface area (Å²) in [5.41, 5.74) is 10.9. The monoisotopic (exact) mass is 297 g/mol. The van der Waals surface area contributed by atoms with E-state index in [-0.39, 0.29) is 52.1 Å². The van der Waals surface area contributed by atoms with Crippen LogP contribution < -0.4 is 24.8 Å². The summed E-state index contributed by atoms with van der Waals surface area (Å²) < 4.78 is 0. The molecule has 0 amide bonds. The van der Waals surface area contributed by atoms with Crippen molar-refractivity contribution in [2.75, 3.05) is 0 Å². The van der Waals surface area contributed by atoms with Gasteiger partial charge in [0.15, 0.2) is 0 Å². The zero-order valence-electron chi connectivity index (χ0n) is 10.9. The van der Waals surface area contributed by atoms with Gasteiger partial charge in [-0.1, -0.05) is 41.5 Å². The van der Waals surface area contributed by atoms with E-state index in [1.165, 1.54) is 16.7 Å². The number of halogens is 2. The predicted molar refractivity (Wildman–Crippen MR) is 60.3 cm³/mol. The number of aryl methyl sites for hydroxylation is 3. The Kier molecular flexibility index (Phi) is 17.1. The molecule has 1 rings (SSSR count). The molecular weight excluding hydrogens is 277 g/mol. The largest absolute Gasteiger partial charge is 4.00 e. The summed E-state index contributed by atoms with van der Waals surface area (Å²) in [6, 6.07) is 4.41. The first-order valence-corrected chi connectivity index (χ1v) is 4.65. The van der Waals surface area contributed by atoms with Crippen LogP contribution >= 0.6 is 0 Å². The SMILES string of the molecule is CC(C)(C)[NH-].Cc1cc(C)c(C)[cH-]1.[Cl-].[Cl-].[Ti+4]. The van der Waals surface area contributed by atoms with Crippen LogP contribution in [-0.4, -0.2) is 5.54 Å². The maximum Gasteiger partial charge on any atom is 4.00 e. The van der Waals surface area contributed by atoms with E-state index in [1.54, 1.807) is 0 Å². The molecule has 0 atom stereocenters. The Morgan fingerprint density at radius 2 is 1.38 bits per heavy atom. The van der Waals surface area contributed by atoms with Crippen LogP contribution in [0, 0.1) is 20.8 Å². The van der Waals surface area contributed by atoms with Crippen molar-refractivity contribution < 1.29 is 46.5 Å². The van der Waals surface area contributed by atoms with Gasteiger partial charge in [0.2, 0.25) is 0 Å². The molecule has 0 aromatic heterocycles. The van der Waals surface area contributed by atoms with E-state index in [4.69, 9.17) is 5.73 Å². The second-order valence-electron chi connectivity index (χ2n) is 4.65. The molecule has 0 heterocycles. The molecule has 0 aliphatic carbocycles. The molecule has 0 saturated carbocycles. The average Bonchev–Trinajstić information content (AvgIpc) is 2.05. The van der Waals surface area contributed by atoms with Crippen LogP contribution in [-0.2, 0) is 21.7 Å². The zero-order chi connectivity index (χ0) is 10.6. The minimum Gasteiger partial charge on any atom is -1.00 e. The second-order valence-corrected chi connectivity index (χ2v) is 4.65. The van der Waals surface area contributed by atoms with E-state index >= 15 is 0 Å². The summed E-state index contributed by atoms with van der Waals surface area (Å²) in [7, 11) is 0. The van der Waals surface area contributed by atoms with Gasteiger partial charge in [-0.25, -0.2) is 6.07 Å². The molecule has 0 bridgehead atoms. The van der Waals surface area contributed by atoms with Crippen LogP contribution in [0.1, 0.15) is 37.5 Å². The normalized spacial score (nSPS) is 8.69. The summed E-state index contributed by atoms with van der Waals surface area (Å²) in [6.45, 7) is 12.0. The van der Waals surface area contributed by atoms with E-state index in [9.17, 15) is 0 Å². The Bertz CT molecular complexity index is 239. The van der Waals surface area contributed by atoms with Gasteiger partial charge in [-0.3, -0.25) is 0 Å². The van der Waals surface area contributed by atoms with Gasteiger partial charge in [-0.2, -0.15) is 22.8 Å². The van der Waals surface area contributed by atoms with E-state index in [1.807, 2.05) is 20.8 Å². The third-order valence-corrected chi connectivity index (χ3v) is 1.51. The number of nitrogens with one attached hydrogen (secondary N) is 1. The third kappa shape index (κ3) is 17.0. The van der Waals surface area contributed by atoms with Crippen molar-refractivity contribution in [2.45, 2.75) is 47.1 Å². The molecule has 1 aromatic carbocycles. The third-order valence-electron chi connectivity index (χ3n) is 1.51. The minimum absolute atomic E-state index is 0. The first-order valence-electron chi connectivity index (χ1n) is 4.65. The van der Waals surface area contributed by atoms with Crippen LogP contribution in [0.25, 0.3) is 5.73 Å². The maximum atomic E-state index is 6.94. The fourth-order valence-corrected chi connectivity index (χ4v) is 0.952. The topological polar surface area (TPSA) is 23.8 Å². The summed E-state index contributed by atoms with van der Waals surface area (Å²) in [4.78, 5) is 0. The van der Waals surface area contributed by atoms with Gasteiger partial charge in [0.1, 0.15) is 0 Å². The van der Waals surface area contributed by atoms with Crippen LogP contribution in [0.2, 0.25) is 0 Å². The zero-order valence-corrected chi connectivity index (χ0v) is 14.0. The van der Waals surface area contributed by atoms with Gasteiger partial charge in [-0.15, -0.1) is 5.54 Å². The molecule has 16 heavy (non-hydrogen) atoms. The van der Waals surface area contributed by atoms with E-state index in [0.29, 0.717) is 0 Å². The van der Waals surface area contributed by atoms with Crippen LogP contribution in [0.4, 0.5) is 0 Å². The molecule has 0 radical (unpaired) electrons. The van der Waals surface area contributed by atoms with Crippen molar-refractivity contribution >= 4 is 0 Å². The van der Waals surface area contributed by atoms with E-state index < -0.39 is 0 Å². The number of hydrogen-bond donors (Lipinski definition) is 0. The van der Waals surface area contributed by atoms with Crippen molar-refractivity contribution in [3.63, 3.8) is 0 Å². The molecule has 0 unspecified atom stereocenters. The Hall–Kier alpha value is 0.604. The molecule has 1 aromatic rings. The average molecular weight is 298 g/mol. The van der Waals surface area contributed by atoms with Crippen LogP contribution in [0.5, 0.6) is 0 Å². The Balaban J connectivity index is -0.0000000818. The van der Waals surface area contributed by atoms with Gasteiger partial charge in [0.05, 0.1) is 0 Å². The maximum absolute atomic E-state index is 6.94. The molecule has 0 aliphatic rings. The molecule has 92 valence electrons. The Morgan fingerprint density at radius 3 is 1.44 bits per heavy atom. The molecule has 1 N–H and O–H groups in total. The first kappa shape index (κ1) is 25.4.